The molecule has 1 aromatic rings. The van der Waals surface area contributed by atoms with Crippen molar-refractivity contribution in [2.75, 3.05) is 13.1 Å². The largest absolute Gasteiger partial charge is 0.507 e. The summed E-state index contributed by atoms with van der Waals surface area (Å²) >= 11 is 1.58. The summed E-state index contributed by atoms with van der Waals surface area (Å²) in [5.41, 5.74) is 6.74. The molecule has 2 aliphatic rings. The highest BCUT2D eigenvalue weighted by molar-refractivity contribution is 8.18. The molecule has 1 fully saturated rings. The second-order valence-electron chi connectivity index (χ2n) is 4.64. The Kier molecular flexibility index (Phi) is 3.29. The van der Waals surface area contributed by atoms with Crippen LogP contribution in [0.2, 0.25) is 0 Å². The van der Waals surface area contributed by atoms with Gasteiger partial charge in [0.1, 0.15) is 5.75 Å². The van der Waals surface area contributed by atoms with Gasteiger partial charge in [-0.1, -0.05) is 18.2 Å². The van der Waals surface area contributed by atoms with Crippen molar-refractivity contribution in [1.82, 2.24) is 0 Å². The molecule has 0 atom stereocenters. The molecule has 4 nitrogen and oxygen atoms in total. The molecule has 0 radical (unpaired) electrons. The van der Waals surface area contributed by atoms with Crippen LogP contribution in [-0.2, 0) is 0 Å². The third-order valence-electron chi connectivity index (χ3n) is 3.27. The monoisotopic (exact) mass is 274 g/mol. The zero-order valence-corrected chi connectivity index (χ0v) is 11.4. The number of phenolic OH excluding ortho intramolecular Hbond substituents is 1. The Labute approximate surface area is 116 Å². The lowest BCUT2D eigenvalue weighted by molar-refractivity contribution is -0.503. The summed E-state index contributed by atoms with van der Waals surface area (Å²) in [5, 5.41) is 10.8. The standard InChI is InChI=1S/C14H15N3OS/c15-13-12(9-10-5-1-2-6-11(10)18)19-14(16-13)17-7-3-4-8-17/h1-2,5-6,9H,3-4,7-8H2,(H2,15,18)/p+1. The van der Waals surface area contributed by atoms with E-state index in [-0.39, 0.29) is 5.75 Å². The molecule has 0 aliphatic carbocycles. The second kappa shape index (κ2) is 5.09. The fraction of sp³-hybridized carbons (Fsp3) is 0.286. The number of thioether (sulfide) groups is 1. The van der Waals surface area contributed by atoms with Crippen molar-refractivity contribution >= 4 is 28.8 Å². The predicted molar refractivity (Wildman–Crippen MR) is 79.5 cm³/mol. The topological polar surface area (TPSA) is 61.6 Å². The van der Waals surface area contributed by atoms with E-state index >= 15 is 0 Å². The first kappa shape index (κ1) is 12.3. The van der Waals surface area contributed by atoms with Crippen molar-refractivity contribution in [2.45, 2.75) is 12.8 Å². The van der Waals surface area contributed by atoms with Crippen molar-refractivity contribution in [3.63, 3.8) is 0 Å². The molecular weight excluding hydrogens is 258 g/mol. The van der Waals surface area contributed by atoms with Gasteiger partial charge in [-0.2, -0.15) is 0 Å². The molecule has 19 heavy (non-hydrogen) atoms. The first-order valence-corrected chi connectivity index (χ1v) is 7.20. The number of aliphatic imine (C=N–C) groups is 1. The summed E-state index contributed by atoms with van der Waals surface area (Å²) in [6.45, 7) is 2.12. The minimum Gasteiger partial charge on any atom is -0.507 e. The lowest BCUT2D eigenvalue weighted by Gasteiger charge is -1.99. The van der Waals surface area contributed by atoms with Crippen molar-refractivity contribution in [1.29, 1.82) is 0 Å². The van der Waals surface area contributed by atoms with E-state index in [4.69, 9.17) is 5.73 Å². The van der Waals surface area contributed by atoms with Crippen molar-refractivity contribution < 1.29 is 9.68 Å². The molecule has 2 aliphatic heterocycles. The number of phenols is 1. The van der Waals surface area contributed by atoms with Gasteiger partial charge in [-0.25, -0.2) is 0 Å². The van der Waals surface area contributed by atoms with Crippen LogP contribution in [0.3, 0.4) is 0 Å². The molecular formula is C14H16N3OS+. The SMILES string of the molecule is NC1=NC(=[N+]2CCCC2)SC1=Cc1ccccc1O. The molecule has 0 spiro atoms. The average Bonchev–Trinajstić information content (AvgIpc) is 3.02. The van der Waals surface area contributed by atoms with Crippen molar-refractivity contribution in [3.05, 3.63) is 34.7 Å². The Bertz CT molecular complexity index is 596. The maximum absolute atomic E-state index is 9.78. The number of benzene rings is 1. The second-order valence-corrected chi connectivity index (χ2v) is 5.65. The van der Waals surface area contributed by atoms with Crippen LogP contribution in [0.15, 0.2) is 34.2 Å². The summed E-state index contributed by atoms with van der Waals surface area (Å²) in [4.78, 5) is 5.33. The number of aromatic hydroxyl groups is 1. The molecule has 1 aromatic carbocycles. The summed E-state index contributed by atoms with van der Waals surface area (Å²) in [7, 11) is 0. The third kappa shape index (κ3) is 2.51. The zero-order valence-electron chi connectivity index (χ0n) is 10.5. The number of nitrogens with zero attached hydrogens (tertiary/aromatic N) is 2. The smallest absolute Gasteiger partial charge is 0.362 e. The number of hydrogen-bond acceptors (Lipinski definition) is 3. The van der Waals surface area contributed by atoms with Crippen LogP contribution in [0.25, 0.3) is 6.08 Å². The van der Waals surface area contributed by atoms with Crippen LogP contribution in [0.5, 0.6) is 5.75 Å². The van der Waals surface area contributed by atoms with Gasteiger partial charge in [0, 0.05) is 17.3 Å². The average molecular weight is 274 g/mol. The van der Waals surface area contributed by atoms with E-state index < -0.39 is 0 Å². The van der Waals surface area contributed by atoms with E-state index in [1.165, 1.54) is 12.8 Å². The minimum atomic E-state index is 0.262. The minimum absolute atomic E-state index is 0.262. The van der Waals surface area contributed by atoms with Gasteiger partial charge in [-0.15, -0.1) is 0 Å². The molecule has 98 valence electrons. The Morgan fingerprint density at radius 2 is 2.00 bits per heavy atom. The number of para-hydroxylation sites is 1. The number of nitrogens with two attached hydrogens (primary N) is 1. The summed E-state index contributed by atoms with van der Waals surface area (Å²) < 4.78 is 2.27. The predicted octanol–water partition coefficient (Wildman–Crippen LogP) is 2.00. The summed E-state index contributed by atoms with van der Waals surface area (Å²) in [5.74, 6) is 0.799. The van der Waals surface area contributed by atoms with E-state index in [2.05, 4.69) is 9.57 Å². The Hall–Kier alpha value is -1.75. The van der Waals surface area contributed by atoms with Gasteiger partial charge < -0.3 is 10.8 Å². The lowest BCUT2D eigenvalue weighted by Crippen LogP contribution is -2.12. The number of rotatable bonds is 1. The molecule has 2 heterocycles. The van der Waals surface area contributed by atoms with E-state index in [9.17, 15) is 5.11 Å². The summed E-state index contributed by atoms with van der Waals surface area (Å²) in [6.07, 6.45) is 4.33. The summed E-state index contributed by atoms with van der Waals surface area (Å²) in [6, 6.07) is 7.23. The molecule has 3 N–H and O–H groups in total. The van der Waals surface area contributed by atoms with Crippen LogP contribution < -0.4 is 5.73 Å². The Morgan fingerprint density at radius 1 is 1.26 bits per heavy atom. The highest BCUT2D eigenvalue weighted by Crippen LogP contribution is 2.30. The van der Waals surface area contributed by atoms with Gasteiger partial charge in [-0.3, -0.25) is 4.58 Å². The first-order chi connectivity index (χ1) is 9.24. The zero-order chi connectivity index (χ0) is 13.2. The molecule has 0 bridgehead atoms. The van der Waals surface area contributed by atoms with Gasteiger partial charge in [-0.05, 0) is 30.0 Å². The highest BCUT2D eigenvalue weighted by Gasteiger charge is 2.30. The Balaban J connectivity index is 1.90. The molecule has 1 saturated heterocycles. The third-order valence-corrected chi connectivity index (χ3v) is 4.35. The normalized spacial score (nSPS) is 21.3. The quantitative estimate of drug-likeness (QED) is 0.770. The van der Waals surface area contributed by atoms with Gasteiger partial charge in [0.25, 0.3) is 5.84 Å². The molecule has 0 aromatic heterocycles. The number of hydrogen-bond donors (Lipinski definition) is 2. The van der Waals surface area contributed by atoms with Crippen molar-refractivity contribution in [3.8, 4) is 5.75 Å². The van der Waals surface area contributed by atoms with E-state index in [0.717, 1.165) is 28.7 Å². The van der Waals surface area contributed by atoms with E-state index in [1.54, 1.807) is 23.9 Å². The first-order valence-electron chi connectivity index (χ1n) is 6.38. The van der Waals surface area contributed by atoms with Gasteiger partial charge in [0.2, 0.25) is 0 Å². The fourth-order valence-electron chi connectivity index (χ4n) is 2.23. The van der Waals surface area contributed by atoms with E-state index in [0.29, 0.717) is 5.84 Å². The number of amidine groups is 2. The van der Waals surface area contributed by atoms with Crippen LogP contribution in [0.1, 0.15) is 18.4 Å². The van der Waals surface area contributed by atoms with Crippen LogP contribution >= 0.6 is 11.8 Å². The van der Waals surface area contributed by atoms with Crippen molar-refractivity contribution in [2.24, 2.45) is 10.7 Å². The molecule has 5 heteroatoms. The van der Waals surface area contributed by atoms with Gasteiger partial charge in [0.15, 0.2) is 0 Å². The maximum Gasteiger partial charge on any atom is 0.362 e. The van der Waals surface area contributed by atoms with Crippen LogP contribution in [-0.4, -0.2) is 33.8 Å². The molecule has 0 amide bonds. The maximum atomic E-state index is 9.78. The fourth-order valence-corrected chi connectivity index (χ4v) is 3.22. The van der Waals surface area contributed by atoms with Gasteiger partial charge in [0.05, 0.1) is 18.0 Å². The molecule has 0 unspecified atom stereocenters. The van der Waals surface area contributed by atoms with E-state index in [1.807, 2.05) is 18.2 Å². The van der Waals surface area contributed by atoms with Crippen LogP contribution in [0.4, 0.5) is 0 Å². The highest BCUT2D eigenvalue weighted by atomic mass is 32.2. The molecule has 0 saturated carbocycles. The molecule has 3 rings (SSSR count). The Morgan fingerprint density at radius 3 is 2.74 bits per heavy atom. The van der Waals surface area contributed by atoms with Gasteiger partial charge >= 0.3 is 5.17 Å². The van der Waals surface area contributed by atoms with Crippen LogP contribution in [0, 0.1) is 0 Å². The lowest BCUT2D eigenvalue weighted by atomic mass is 10.2.